The minimum absolute atomic E-state index is 0.0442. The minimum Gasteiger partial charge on any atom is -0.399 e. The Kier molecular flexibility index (Phi) is 2.52. The first-order valence-corrected chi connectivity index (χ1v) is 6.53. The summed E-state index contributed by atoms with van der Waals surface area (Å²) in [6, 6.07) is 5.18. The van der Waals surface area contributed by atoms with Crippen molar-refractivity contribution < 1.29 is 0 Å². The molecule has 2 aromatic rings. The lowest BCUT2D eigenvalue weighted by Gasteiger charge is -2.26. The summed E-state index contributed by atoms with van der Waals surface area (Å²) in [5, 5.41) is 3.85. The molecule has 5 nitrogen and oxygen atoms in total. The Hall–Kier alpha value is -2.04. The van der Waals surface area contributed by atoms with Crippen LogP contribution in [0, 0.1) is 5.92 Å². The highest BCUT2D eigenvalue weighted by molar-refractivity contribution is 5.81. The Morgan fingerprint density at radius 1 is 1.42 bits per heavy atom. The van der Waals surface area contributed by atoms with E-state index in [9.17, 15) is 4.79 Å². The quantitative estimate of drug-likeness (QED) is 0.736. The fourth-order valence-electron chi connectivity index (χ4n) is 2.43. The average molecular weight is 258 g/mol. The Bertz CT molecular complexity index is 685. The van der Waals surface area contributed by atoms with Crippen molar-refractivity contribution in [2.45, 2.75) is 32.2 Å². The van der Waals surface area contributed by atoms with Gasteiger partial charge in [0.1, 0.15) is 0 Å². The van der Waals surface area contributed by atoms with Gasteiger partial charge in [0.05, 0.1) is 10.9 Å². The summed E-state index contributed by atoms with van der Waals surface area (Å²) in [4.78, 5) is 19.3. The molecule has 1 aromatic heterocycles. The molecule has 0 spiro atoms. The predicted molar refractivity (Wildman–Crippen MR) is 77.2 cm³/mol. The predicted octanol–water partition coefficient (Wildman–Crippen LogP) is 2.11. The largest absolute Gasteiger partial charge is 0.399 e. The molecular formula is C14H18N4O. The maximum Gasteiger partial charge on any atom is 0.260 e. The van der Waals surface area contributed by atoms with E-state index in [0.29, 0.717) is 28.5 Å². The van der Waals surface area contributed by atoms with Gasteiger partial charge in [-0.3, -0.25) is 9.78 Å². The van der Waals surface area contributed by atoms with Crippen LogP contribution in [0.4, 0.5) is 11.6 Å². The number of aromatic nitrogens is 2. The molecule has 19 heavy (non-hydrogen) atoms. The Morgan fingerprint density at radius 2 is 2.16 bits per heavy atom. The van der Waals surface area contributed by atoms with Crippen LogP contribution in [0.15, 0.2) is 23.0 Å². The van der Waals surface area contributed by atoms with Crippen molar-refractivity contribution in [2.24, 2.45) is 5.92 Å². The third kappa shape index (κ3) is 2.28. The number of benzene rings is 1. The van der Waals surface area contributed by atoms with Crippen LogP contribution < -0.4 is 16.6 Å². The van der Waals surface area contributed by atoms with E-state index in [2.05, 4.69) is 29.1 Å². The molecule has 0 saturated heterocycles. The normalized spacial score (nSPS) is 15.7. The Labute approximate surface area is 111 Å². The highest BCUT2D eigenvalue weighted by Gasteiger charge is 2.38. The molecule has 1 aliphatic carbocycles. The monoisotopic (exact) mass is 258 g/mol. The molecular weight excluding hydrogens is 240 g/mol. The van der Waals surface area contributed by atoms with Gasteiger partial charge in [-0.05, 0) is 50.8 Å². The lowest BCUT2D eigenvalue weighted by Crippen LogP contribution is -2.35. The molecule has 0 amide bonds. The highest BCUT2D eigenvalue weighted by Crippen LogP contribution is 2.40. The van der Waals surface area contributed by atoms with Gasteiger partial charge in [0.15, 0.2) is 0 Å². The third-order valence-electron chi connectivity index (χ3n) is 3.77. The Morgan fingerprint density at radius 3 is 2.84 bits per heavy atom. The number of nitrogens with two attached hydrogens (primary N) is 1. The molecule has 1 saturated carbocycles. The van der Waals surface area contributed by atoms with Crippen LogP contribution in [0.25, 0.3) is 10.9 Å². The first-order valence-electron chi connectivity index (χ1n) is 6.53. The zero-order chi connectivity index (χ0) is 13.6. The number of anilines is 2. The SMILES string of the molecule is CC(C)(Nc1nc2ccc(N)cc2c(=O)[nH]1)C1CC1. The molecule has 0 unspecified atom stereocenters. The van der Waals surface area contributed by atoms with E-state index in [-0.39, 0.29) is 11.1 Å². The molecule has 5 heteroatoms. The molecule has 0 radical (unpaired) electrons. The topological polar surface area (TPSA) is 83.8 Å². The number of rotatable bonds is 3. The molecule has 0 aliphatic heterocycles. The van der Waals surface area contributed by atoms with Gasteiger partial charge in [0.25, 0.3) is 5.56 Å². The van der Waals surface area contributed by atoms with Gasteiger partial charge in [-0.15, -0.1) is 0 Å². The van der Waals surface area contributed by atoms with Gasteiger partial charge >= 0.3 is 0 Å². The number of hydrogen-bond acceptors (Lipinski definition) is 4. The van der Waals surface area contributed by atoms with E-state index in [1.165, 1.54) is 12.8 Å². The zero-order valence-corrected chi connectivity index (χ0v) is 11.2. The van der Waals surface area contributed by atoms with Gasteiger partial charge in [-0.2, -0.15) is 0 Å². The standard InChI is InChI=1S/C14H18N4O/c1-14(2,8-3-4-8)18-13-16-11-6-5-9(15)7-10(11)12(19)17-13/h5-8H,3-4,15H2,1-2H3,(H2,16,17,18,19). The van der Waals surface area contributed by atoms with Gasteiger partial charge in [0, 0.05) is 11.2 Å². The fraction of sp³-hybridized carbons (Fsp3) is 0.429. The van der Waals surface area contributed by atoms with Crippen molar-refractivity contribution in [1.29, 1.82) is 0 Å². The maximum atomic E-state index is 12.0. The fourth-order valence-corrected chi connectivity index (χ4v) is 2.43. The van der Waals surface area contributed by atoms with E-state index in [1.807, 2.05) is 0 Å². The summed E-state index contributed by atoms with van der Waals surface area (Å²) in [6.45, 7) is 4.27. The lowest BCUT2D eigenvalue weighted by molar-refractivity contribution is 0.490. The van der Waals surface area contributed by atoms with E-state index >= 15 is 0 Å². The molecule has 1 heterocycles. The van der Waals surface area contributed by atoms with Crippen molar-refractivity contribution in [1.82, 2.24) is 9.97 Å². The molecule has 3 rings (SSSR count). The summed E-state index contributed by atoms with van der Waals surface area (Å²) >= 11 is 0. The van der Waals surface area contributed by atoms with Crippen LogP contribution in [-0.2, 0) is 0 Å². The van der Waals surface area contributed by atoms with Crippen molar-refractivity contribution in [3.05, 3.63) is 28.6 Å². The van der Waals surface area contributed by atoms with Crippen molar-refractivity contribution >= 4 is 22.5 Å². The van der Waals surface area contributed by atoms with E-state index in [4.69, 9.17) is 5.73 Å². The number of nitrogens with zero attached hydrogens (tertiary/aromatic N) is 1. The van der Waals surface area contributed by atoms with Crippen LogP contribution in [0.3, 0.4) is 0 Å². The second kappa shape index (κ2) is 3.98. The molecule has 1 fully saturated rings. The van der Waals surface area contributed by atoms with Crippen LogP contribution in [0.5, 0.6) is 0 Å². The smallest absolute Gasteiger partial charge is 0.260 e. The Balaban J connectivity index is 2.01. The van der Waals surface area contributed by atoms with Crippen molar-refractivity contribution in [2.75, 3.05) is 11.1 Å². The lowest BCUT2D eigenvalue weighted by atomic mass is 9.99. The summed E-state index contributed by atoms with van der Waals surface area (Å²) in [6.07, 6.45) is 2.46. The maximum absolute atomic E-state index is 12.0. The summed E-state index contributed by atoms with van der Waals surface area (Å²) in [7, 11) is 0. The first-order chi connectivity index (χ1) is 8.95. The second-order valence-electron chi connectivity index (χ2n) is 5.81. The number of fused-ring (bicyclic) bond motifs is 1. The molecule has 100 valence electrons. The zero-order valence-electron chi connectivity index (χ0n) is 11.2. The number of hydrogen-bond donors (Lipinski definition) is 3. The van der Waals surface area contributed by atoms with Crippen LogP contribution in [-0.4, -0.2) is 15.5 Å². The van der Waals surface area contributed by atoms with E-state index < -0.39 is 0 Å². The number of aromatic amines is 1. The number of H-pyrrole nitrogens is 1. The highest BCUT2D eigenvalue weighted by atomic mass is 16.1. The summed E-state index contributed by atoms with van der Waals surface area (Å²) < 4.78 is 0. The van der Waals surface area contributed by atoms with E-state index in [0.717, 1.165) is 0 Å². The second-order valence-corrected chi connectivity index (χ2v) is 5.81. The van der Waals surface area contributed by atoms with E-state index in [1.54, 1.807) is 18.2 Å². The van der Waals surface area contributed by atoms with Gasteiger partial charge < -0.3 is 11.1 Å². The van der Waals surface area contributed by atoms with Crippen molar-refractivity contribution in [3.8, 4) is 0 Å². The molecule has 0 bridgehead atoms. The van der Waals surface area contributed by atoms with Gasteiger partial charge in [-0.25, -0.2) is 4.98 Å². The molecule has 1 aliphatic rings. The van der Waals surface area contributed by atoms with Crippen LogP contribution in [0.2, 0.25) is 0 Å². The minimum atomic E-state index is -0.161. The third-order valence-corrected chi connectivity index (χ3v) is 3.77. The first kappa shape index (κ1) is 12.0. The molecule has 0 atom stereocenters. The molecule has 1 aromatic carbocycles. The summed E-state index contributed by atoms with van der Waals surface area (Å²) in [5.74, 6) is 1.18. The van der Waals surface area contributed by atoms with Gasteiger partial charge in [-0.1, -0.05) is 0 Å². The van der Waals surface area contributed by atoms with Crippen LogP contribution in [0.1, 0.15) is 26.7 Å². The number of nitrogen functional groups attached to an aromatic ring is 1. The molecule has 4 N–H and O–H groups in total. The van der Waals surface area contributed by atoms with Gasteiger partial charge in [0.2, 0.25) is 5.95 Å². The van der Waals surface area contributed by atoms with Crippen LogP contribution >= 0.6 is 0 Å². The number of nitrogens with one attached hydrogen (secondary N) is 2. The summed E-state index contributed by atoms with van der Waals surface area (Å²) in [5.41, 5.74) is 6.71. The average Bonchev–Trinajstić information content (AvgIpc) is 3.14. The van der Waals surface area contributed by atoms with Crippen molar-refractivity contribution in [3.63, 3.8) is 0 Å².